The van der Waals surface area contributed by atoms with E-state index in [0.29, 0.717) is 18.3 Å². The summed E-state index contributed by atoms with van der Waals surface area (Å²) < 4.78 is 6.15. The number of fused-ring (bicyclic) bond motifs is 7. The van der Waals surface area contributed by atoms with Crippen LogP contribution in [-0.4, -0.2) is 63.4 Å². The number of ether oxygens (including phenoxy) is 1. The van der Waals surface area contributed by atoms with Crippen molar-refractivity contribution in [1.82, 2.24) is 4.90 Å². The van der Waals surface area contributed by atoms with Crippen LogP contribution in [0.15, 0.2) is 41.5 Å². The minimum absolute atomic E-state index is 0.0183. The molecule has 0 aliphatic heterocycles. The first-order chi connectivity index (χ1) is 26.0. The first kappa shape index (κ1) is 42.1. The third-order valence-electron chi connectivity index (χ3n) is 16.6. The van der Waals surface area contributed by atoms with Crippen molar-refractivity contribution in [1.29, 1.82) is 0 Å². The Labute approximate surface area is 333 Å². The monoisotopic (exact) mass is 774 g/mol. The van der Waals surface area contributed by atoms with E-state index in [-0.39, 0.29) is 71.3 Å². The number of nitrogens with zero attached hydrogens (tertiary/aromatic N) is 1. The molecule has 4 fully saturated rings. The van der Waals surface area contributed by atoms with Crippen molar-refractivity contribution >= 4 is 29.5 Å². The second-order valence-corrected chi connectivity index (χ2v) is 20.6. The van der Waals surface area contributed by atoms with Gasteiger partial charge in [0.25, 0.3) is 0 Å². The third-order valence-corrected chi connectivity index (χ3v) is 16.6. The van der Waals surface area contributed by atoms with Gasteiger partial charge in [-0.25, -0.2) is 0 Å². The van der Waals surface area contributed by atoms with Crippen LogP contribution in [0.3, 0.4) is 0 Å². The summed E-state index contributed by atoms with van der Waals surface area (Å²) in [5.41, 5.74) is 5.71. The Kier molecular flexibility index (Phi) is 10.8. The Morgan fingerprint density at radius 3 is 2.18 bits per heavy atom. The molecule has 2 amide bonds. The number of nitrogens with two attached hydrogens (primary N) is 1. The van der Waals surface area contributed by atoms with Crippen LogP contribution in [0.2, 0.25) is 0 Å². The SMILES string of the molecule is CC(C)C1=C2[C@H]3CC[C@@H]4[C@@]5(C)CC[C@H](OC(=O)CC(C)(C)C(=O)O)C(C)(C)[C@@H]5CC[C@@]4(C)[C@]3(C)CCC2(C(O)CN(Cc2ccccc2)C(=O)C(N)=O)CC1=O. The van der Waals surface area contributed by atoms with Gasteiger partial charge in [-0.15, -0.1) is 0 Å². The zero-order chi connectivity index (χ0) is 41.4. The number of ketones is 1. The molecule has 1 aromatic rings. The van der Waals surface area contributed by atoms with Crippen molar-refractivity contribution < 1.29 is 38.9 Å². The zero-order valence-corrected chi connectivity index (χ0v) is 35.2. The number of carbonyl (C=O) groups excluding carboxylic acids is 4. The summed E-state index contributed by atoms with van der Waals surface area (Å²) in [6.45, 7) is 19.1. The highest BCUT2D eigenvalue weighted by Crippen LogP contribution is 2.77. The molecule has 1 aromatic carbocycles. The van der Waals surface area contributed by atoms with E-state index < -0.39 is 40.7 Å². The number of esters is 1. The maximum absolute atomic E-state index is 14.2. The number of allylic oxidation sites excluding steroid dienone is 1. The van der Waals surface area contributed by atoms with E-state index in [4.69, 9.17) is 10.5 Å². The number of primary amides is 1. The fourth-order valence-corrected chi connectivity index (χ4v) is 13.5. The molecule has 4 saturated carbocycles. The lowest BCUT2D eigenvalue weighted by Gasteiger charge is -2.72. The van der Waals surface area contributed by atoms with Crippen LogP contribution < -0.4 is 5.73 Å². The summed E-state index contributed by atoms with van der Waals surface area (Å²) in [6, 6.07) is 9.35. The number of rotatable bonds is 10. The molecule has 4 N–H and O–H groups in total. The number of benzene rings is 1. The average molecular weight is 775 g/mol. The molecule has 0 spiro atoms. The molecule has 0 radical (unpaired) electrons. The van der Waals surface area contributed by atoms with Crippen molar-refractivity contribution in [3.63, 3.8) is 0 Å². The maximum Gasteiger partial charge on any atom is 0.312 e. The van der Waals surface area contributed by atoms with E-state index in [1.54, 1.807) is 13.8 Å². The molecule has 5 aliphatic carbocycles. The number of aliphatic carboxylic acids is 1. The smallest absolute Gasteiger partial charge is 0.312 e. The molecule has 56 heavy (non-hydrogen) atoms. The van der Waals surface area contributed by atoms with Crippen LogP contribution >= 0.6 is 0 Å². The van der Waals surface area contributed by atoms with Gasteiger partial charge in [0, 0.05) is 30.3 Å². The molecule has 6 rings (SSSR count). The molecule has 0 aromatic heterocycles. The molecule has 9 atom stereocenters. The van der Waals surface area contributed by atoms with Crippen LogP contribution in [0.25, 0.3) is 0 Å². The number of Topliss-reactive ketones (excluding diaryl/α,β-unsaturated/α-hetero) is 1. The minimum Gasteiger partial charge on any atom is -0.481 e. The van der Waals surface area contributed by atoms with Crippen LogP contribution in [0.5, 0.6) is 0 Å². The van der Waals surface area contributed by atoms with Crippen molar-refractivity contribution in [3.05, 3.63) is 47.0 Å². The molecule has 10 nitrogen and oxygen atoms in total. The van der Waals surface area contributed by atoms with E-state index in [2.05, 4.69) is 48.5 Å². The third kappa shape index (κ3) is 6.54. The van der Waals surface area contributed by atoms with Gasteiger partial charge in [-0.3, -0.25) is 24.0 Å². The van der Waals surface area contributed by atoms with E-state index in [0.717, 1.165) is 61.7 Å². The van der Waals surface area contributed by atoms with Gasteiger partial charge in [-0.2, -0.15) is 0 Å². The van der Waals surface area contributed by atoms with Gasteiger partial charge in [-0.1, -0.05) is 84.4 Å². The minimum atomic E-state index is -1.20. The van der Waals surface area contributed by atoms with Gasteiger partial charge in [0.1, 0.15) is 6.10 Å². The highest BCUT2D eigenvalue weighted by Gasteiger charge is 2.71. The van der Waals surface area contributed by atoms with E-state index >= 15 is 0 Å². The van der Waals surface area contributed by atoms with Gasteiger partial charge >= 0.3 is 23.8 Å². The van der Waals surface area contributed by atoms with Gasteiger partial charge in [0.05, 0.1) is 17.9 Å². The lowest BCUT2D eigenvalue weighted by atomic mass is 9.33. The first-order valence-electron chi connectivity index (χ1n) is 21.0. The van der Waals surface area contributed by atoms with E-state index in [9.17, 15) is 34.2 Å². The molecular weight excluding hydrogens is 709 g/mol. The zero-order valence-electron chi connectivity index (χ0n) is 35.2. The highest BCUT2D eigenvalue weighted by atomic mass is 16.5. The van der Waals surface area contributed by atoms with Crippen LogP contribution in [0, 0.1) is 56.2 Å². The van der Waals surface area contributed by atoms with Crippen LogP contribution in [-0.2, 0) is 35.3 Å². The van der Waals surface area contributed by atoms with Gasteiger partial charge in [0.2, 0.25) is 0 Å². The van der Waals surface area contributed by atoms with Gasteiger partial charge in [-0.05, 0) is 116 Å². The highest BCUT2D eigenvalue weighted by molar-refractivity contribution is 6.34. The number of carbonyl (C=O) groups is 5. The van der Waals surface area contributed by atoms with Crippen LogP contribution in [0.4, 0.5) is 0 Å². The second kappa shape index (κ2) is 14.4. The quantitative estimate of drug-likeness (QED) is 0.165. The van der Waals surface area contributed by atoms with Crippen molar-refractivity contribution in [2.75, 3.05) is 6.54 Å². The predicted octanol–water partition coefficient (Wildman–Crippen LogP) is 7.25. The lowest BCUT2D eigenvalue weighted by molar-refractivity contribution is -0.235. The molecule has 5 aliphatic rings. The van der Waals surface area contributed by atoms with Crippen molar-refractivity contribution in [3.8, 4) is 0 Å². The average Bonchev–Trinajstić information content (AvgIpc) is 3.42. The van der Waals surface area contributed by atoms with Crippen LogP contribution in [0.1, 0.15) is 132 Å². The summed E-state index contributed by atoms with van der Waals surface area (Å²) in [6.07, 6.45) is 5.59. The van der Waals surface area contributed by atoms with Crippen molar-refractivity contribution in [2.24, 2.45) is 61.9 Å². The number of carboxylic acid groups (broad SMARTS) is 1. The van der Waals surface area contributed by atoms with Crippen molar-refractivity contribution in [2.45, 2.75) is 145 Å². The normalized spacial score (nSPS) is 35.4. The van der Waals surface area contributed by atoms with Gasteiger partial charge in [0.15, 0.2) is 5.78 Å². The Morgan fingerprint density at radius 1 is 0.911 bits per heavy atom. The Bertz CT molecular complexity index is 1800. The number of aliphatic hydroxyl groups is 1. The van der Waals surface area contributed by atoms with E-state index in [1.807, 2.05) is 30.3 Å². The Morgan fingerprint density at radius 2 is 1.57 bits per heavy atom. The standard InChI is InChI=1S/C46H66N2O8/c1-27(2)36-30(49)23-46(33(50)26-48(39(53)38(47)52)25-28-13-11-10-12-14-28)22-21-44(8)29(37(36)46)15-16-32-43(7)19-18-34(56-35(51)24-41(3,4)40(54)55)42(5,6)31(43)17-20-45(32,44)9/h10-14,27,29,31-34,50H,15-26H2,1-9H3,(H2,47,52)(H,54,55)/t29-,31+,32-,33?,34+,43+,44-,45-,46?/m1/s1. The Hall–Kier alpha value is -3.53. The molecule has 0 saturated heterocycles. The molecule has 2 unspecified atom stereocenters. The maximum atomic E-state index is 14.2. The number of hydrogen-bond donors (Lipinski definition) is 3. The molecule has 308 valence electrons. The molecule has 0 bridgehead atoms. The number of amides is 2. The first-order valence-corrected chi connectivity index (χ1v) is 21.0. The molecule has 10 heteroatoms. The summed E-state index contributed by atoms with van der Waals surface area (Å²) in [7, 11) is 0. The number of hydrogen-bond acceptors (Lipinski definition) is 7. The Balaban J connectivity index is 1.30. The predicted molar refractivity (Wildman–Crippen MR) is 212 cm³/mol. The second-order valence-electron chi connectivity index (χ2n) is 20.6. The summed E-state index contributed by atoms with van der Waals surface area (Å²) in [5.74, 6) is -2.57. The largest absolute Gasteiger partial charge is 0.481 e. The summed E-state index contributed by atoms with van der Waals surface area (Å²) >= 11 is 0. The lowest BCUT2D eigenvalue weighted by Crippen LogP contribution is -2.66. The van der Waals surface area contributed by atoms with E-state index in [1.165, 1.54) is 4.90 Å². The number of carboxylic acids is 1. The molecule has 0 heterocycles. The van der Waals surface area contributed by atoms with Gasteiger partial charge < -0.3 is 25.6 Å². The fraction of sp³-hybridized carbons (Fsp3) is 0.717. The molecular formula is C46H66N2O8. The topological polar surface area (TPSA) is 164 Å². The summed E-state index contributed by atoms with van der Waals surface area (Å²) in [4.78, 5) is 65.9. The number of aliphatic hydroxyl groups excluding tert-OH is 1. The summed E-state index contributed by atoms with van der Waals surface area (Å²) in [5, 5.41) is 22.1. The fourth-order valence-electron chi connectivity index (χ4n) is 13.5.